The molecule has 1 saturated heterocycles. The van der Waals surface area contributed by atoms with E-state index in [-0.39, 0.29) is 6.04 Å². The summed E-state index contributed by atoms with van der Waals surface area (Å²) in [6.07, 6.45) is 2.46. The van der Waals surface area contributed by atoms with E-state index in [9.17, 15) is 0 Å². The maximum Gasteiger partial charge on any atom is 0.0500 e. The van der Waals surface area contributed by atoms with Crippen LogP contribution in [0.5, 0.6) is 0 Å². The third-order valence-corrected chi connectivity index (χ3v) is 4.59. The van der Waals surface area contributed by atoms with Crippen LogP contribution in [-0.4, -0.2) is 24.5 Å². The van der Waals surface area contributed by atoms with Crippen molar-refractivity contribution in [3.63, 3.8) is 0 Å². The molecule has 1 aliphatic heterocycles. The van der Waals surface area contributed by atoms with Crippen molar-refractivity contribution in [3.05, 3.63) is 33.8 Å². The maximum absolute atomic E-state index is 6.33. The Bertz CT molecular complexity index is 426. The largest absolute Gasteiger partial charge is 0.329 e. The predicted molar refractivity (Wildman–Crippen MR) is 82.8 cm³/mol. The van der Waals surface area contributed by atoms with Gasteiger partial charge in [-0.1, -0.05) is 43.1 Å². The highest BCUT2D eigenvalue weighted by atomic mass is 35.5. The van der Waals surface area contributed by atoms with Crippen molar-refractivity contribution in [1.82, 2.24) is 4.90 Å². The Balaban J connectivity index is 2.29. The van der Waals surface area contributed by atoms with Gasteiger partial charge in [0.25, 0.3) is 0 Å². The molecule has 1 atom stereocenters. The van der Waals surface area contributed by atoms with E-state index in [1.165, 1.54) is 12.8 Å². The summed E-state index contributed by atoms with van der Waals surface area (Å²) in [5.41, 5.74) is 7.31. The van der Waals surface area contributed by atoms with Crippen LogP contribution in [0.2, 0.25) is 10.0 Å². The number of hydrogen-bond acceptors (Lipinski definition) is 2. The number of nitrogens with two attached hydrogens (primary N) is 1. The highest BCUT2D eigenvalue weighted by Gasteiger charge is 2.32. The first-order valence-corrected chi connectivity index (χ1v) is 7.58. The van der Waals surface area contributed by atoms with E-state index in [2.05, 4.69) is 18.7 Å². The number of rotatable bonds is 3. The monoisotopic (exact) mass is 300 g/mol. The number of nitrogens with zero attached hydrogens (tertiary/aromatic N) is 1. The minimum atomic E-state index is 0.112. The Kier molecular flexibility index (Phi) is 4.78. The van der Waals surface area contributed by atoms with E-state index >= 15 is 0 Å². The highest BCUT2D eigenvalue weighted by molar-refractivity contribution is 6.36. The fourth-order valence-electron chi connectivity index (χ4n) is 3.01. The van der Waals surface area contributed by atoms with E-state index in [1.54, 1.807) is 0 Å². The molecule has 2 rings (SSSR count). The Morgan fingerprint density at radius 3 is 2.47 bits per heavy atom. The molecule has 2 nitrogen and oxygen atoms in total. The molecule has 106 valence electrons. The predicted octanol–water partition coefficient (Wildman–Crippen LogP) is 4.12. The Hall–Kier alpha value is -0.280. The number of piperidine rings is 1. The van der Waals surface area contributed by atoms with E-state index in [1.807, 2.05) is 18.2 Å². The van der Waals surface area contributed by atoms with Crippen LogP contribution in [0, 0.1) is 5.41 Å². The standard InChI is InChI=1S/C15H22Cl2N2/c1-15(2)7-4-8-19(10-15)13(9-18)14-11(16)5-3-6-12(14)17/h3,5-6,13H,4,7-10,18H2,1-2H3. The number of hydrogen-bond donors (Lipinski definition) is 1. The van der Waals surface area contributed by atoms with Crippen molar-refractivity contribution in [2.24, 2.45) is 11.1 Å². The number of benzene rings is 1. The average molecular weight is 301 g/mol. The van der Waals surface area contributed by atoms with Crippen LogP contribution in [0.25, 0.3) is 0 Å². The van der Waals surface area contributed by atoms with Crippen LogP contribution in [0.15, 0.2) is 18.2 Å². The second kappa shape index (κ2) is 6.01. The van der Waals surface area contributed by atoms with Crippen LogP contribution >= 0.6 is 23.2 Å². The van der Waals surface area contributed by atoms with Gasteiger partial charge in [0.2, 0.25) is 0 Å². The van der Waals surface area contributed by atoms with Crippen LogP contribution in [0.3, 0.4) is 0 Å². The van der Waals surface area contributed by atoms with Crippen molar-refractivity contribution in [2.75, 3.05) is 19.6 Å². The molecule has 1 aromatic rings. The Morgan fingerprint density at radius 2 is 1.95 bits per heavy atom. The van der Waals surface area contributed by atoms with Gasteiger partial charge >= 0.3 is 0 Å². The van der Waals surface area contributed by atoms with Gasteiger partial charge in [-0.15, -0.1) is 0 Å². The van der Waals surface area contributed by atoms with Crippen LogP contribution in [0.4, 0.5) is 0 Å². The molecular weight excluding hydrogens is 279 g/mol. The second-order valence-corrected chi connectivity index (χ2v) is 6.94. The molecule has 0 aromatic heterocycles. The lowest BCUT2D eigenvalue weighted by Crippen LogP contribution is -2.44. The quantitative estimate of drug-likeness (QED) is 0.910. The molecule has 1 heterocycles. The van der Waals surface area contributed by atoms with Gasteiger partial charge in [0.1, 0.15) is 0 Å². The molecule has 1 aromatic carbocycles. The lowest BCUT2D eigenvalue weighted by molar-refractivity contribution is 0.0807. The van der Waals surface area contributed by atoms with Crippen LogP contribution in [-0.2, 0) is 0 Å². The van der Waals surface area contributed by atoms with Gasteiger partial charge in [-0.05, 0) is 36.9 Å². The summed E-state index contributed by atoms with van der Waals surface area (Å²) in [6.45, 7) is 7.25. The topological polar surface area (TPSA) is 29.3 Å². The number of likely N-dealkylation sites (tertiary alicyclic amines) is 1. The summed E-state index contributed by atoms with van der Waals surface area (Å²) in [4.78, 5) is 2.43. The van der Waals surface area contributed by atoms with Crippen LogP contribution in [0.1, 0.15) is 38.3 Å². The molecule has 0 saturated carbocycles. The zero-order chi connectivity index (χ0) is 14.0. The Labute approximate surface area is 125 Å². The molecule has 0 amide bonds. The maximum atomic E-state index is 6.33. The summed E-state index contributed by atoms with van der Waals surface area (Å²) in [7, 11) is 0. The van der Waals surface area contributed by atoms with Crippen molar-refractivity contribution in [3.8, 4) is 0 Å². The fraction of sp³-hybridized carbons (Fsp3) is 0.600. The molecule has 0 bridgehead atoms. The molecule has 1 fully saturated rings. The average Bonchev–Trinajstić information content (AvgIpc) is 2.32. The summed E-state index contributed by atoms with van der Waals surface area (Å²) in [5.74, 6) is 0. The molecule has 0 radical (unpaired) electrons. The third kappa shape index (κ3) is 3.43. The van der Waals surface area contributed by atoms with Crippen molar-refractivity contribution >= 4 is 23.2 Å². The molecule has 2 N–H and O–H groups in total. The summed E-state index contributed by atoms with van der Waals surface area (Å²) in [6, 6.07) is 5.77. The SMILES string of the molecule is CC1(C)CCCN(C(CN)c2c(Cl)cccc2Cl)C1. The van der Waals surface area contributed by atoms with Crippen molar-refractivity contribution < 1.29 is 0 Å². The van der Waals surface area contributed by atoms with E-state index in [0.717, 1.165) is 18.7 Å². The van der Waals surface area contributed by atoms with E-state index < -0.39 is 0 Å². The molecule has 4 heteroatoms. The van der Waals surface area contributed by atoms with E-state index in [0.29, 0.717) is 22.0 Å². The molecule has 1 aliphatic rings. The molecular formula is C15H22Cl2N2. The van der Waals surface area contributed by atoms with Gasteiger partial charge < -0.3 is 5.73 Å². The van der Waals surface area contributed by atoms with Crippen LogP contribution < -0.4 is 5.73 Å². The minimum absolute atomic E-state index is 0.112. The van der Waals surface area contributed by atoms with Gasteiger partial charge in [0.15, 0.2) is 0 Å². The first-order valence-electron chi connectivity index (χ1n) is 6.82. The van der Waals surface area contributed by atoms with Crippen molar-refractivity contribution in [2.45, 2.75) is 32.7 Å². The molecule has 1 unspecified atom stereocenters. The van der Waals surface area contributed by atoms with E-state index in [4.69, 9.17) is 28.9 Å². The summed E-state index contributed by atoms with van der Waals surface area (Å²) >= 11 is 12.7. The summed E-state index contributed by atoms with van der Waals surface area (Å²) in [5, 5.41) is 1.43. The first-order chi connectivity index (χ1) is 8.94. The molecule has 19 heavy (non-hydrogen) atoms. The van der Waals surface area contributed by atoms with Gasteiger partial charge in [-0.3, -0.25) is 4.90 Å². The normalized spacial score (nSPS) is 21.3. The van der Waals surface area contributed by atoms with Gasteiger partial charge in [0.05, 0.1) is 0 Å². The van der Waals surface area contributed by atoms with Gasteiger partial charge in [-0.2, -0.15) is 0 Å². The zero-order valence-electron chi connectivity index (χ0n) is 11.6. The fourth-order valence-corrected chi connectivity index (χ4v) is 3.66. The lowest BCUT2D eigenvalue weighted by atomic mass is 9.83. The Morgan fingerprint density at radius 1 is 1.32 bits per heavy atom. The smallest absolute Gasteiger partial charge is 0.0500 e. The van der Waals surface area contributed by atoms with Crippen molar-refractivity contribution in [1.29, 1.82) is 0 Å². The van der Waals surface area contributed by atoms with Gasteiger partial charge in [-0.25, -0.2) is 0 Å². The zero-order valence-corrected chi connectivity index (χ0v) is 13.1. The highest BCUT2D eigenvalue weighted by Crippen LogP contribution is 2.37. The third-order valence-electron chi connectivity index (χ3n) is 3.93. The lowest BCUT2D eigenvalue weighted by Gasteiger charge is -2.42. The summed E-state index contributed by atoms with van der Waals surface area (Å²) < 4.78 is 0. The van der Waals surface area contributed by atoms with Gasteiger partial charge in [0, 0.05) is 34.7 Å². The first kappa shape index (κ1) is 15.1. The molecule has 0 aliphatic carbocycles. The minimum Gasteiger partial charge on any atom is -0.329 e. The second-order valence-electron chi connectivity index (χ2n) is 6.13. The molecule has 0 spiro atoms. The number of halogens is 2.